The molecular formula is C20H20FN5OS. The van der Waals surface area contributed by atoms with Gasteiger partial charge in [-0.25, -0.2) is 9.07 Å². The molecule has 3 rings (SSSR count). The second-order valence-electron chi connectivity index (χ2n) is 6.21. The maximum atomic E-state index is 12.9. The number of amides is 1. The highest BCUT2D eigenvalue weighted by atomic mass is 32.1. The van der Waals surface area contributed by atoms with Crippen molar-refractivity contribution in [1.29, 1.82) is 0 Å². The van der Waals surface area contributed by atoms with Crippen LogP contribution in [0.2, 0.25) is 0 Å². The number of nitrogens with one attached hydrogen (secondary N) is 3. The Kier molecular flexibility index (Phi) is 6.00. The summed E-state index contributed by atoms with van der Waals surface area (Å²) in [4.78, 5) is 12.3. The number of anilines is 1. The number of carbonyl (C=O) groups excluding carboxylic acids is 1. The van der Waals surface area contributed by atoms with E-state index in [1.54, 1.807) is 12.1 Å². The topological polar surface area (TPSA) is 71.0 Å². The van der Waals surface area contributed by atoms with Gasteiger partial charge in [-0.2, -0.15) is 5.10 Å². The maximum Gasteiger partial charge on any atom is 0.242 e. The Morgan fingerprint density at radius 3 is 2.43 bits per heavy atom. The molecule has 0 unspecified atom stereocenters. The van der Waals surface area contributed by atoms with Gasteiger partial charge in [-0.05, 0) is 62.5 Å². The third-order valence-electron chi connectivity index (χ3n) is 4.20. The minimum Gasteiger partial charge on any atom is -0.331 e. The number of nitrogens with zero attached hydrogens (tertiary/aromatic N) is 2. The summed E-state index contributed by atoms with van der Waals surface area (Å²) >= 11 is 5.12. The molecule has 0 spiro atoms. The number of aryl methyl sites for hydroxylation is 1. The monoisotopic (exact) mass is 397 g/mol. The summed E-state index contributed by atoms with van der Waals surface area (Å²) in [6.07, 6.45) is 0.163. The van der Waals surface area contributed by atoms with Crippen LogP contribution in [0.5, 0.6) is 0 Å². The van der Waals surface area contributed by atoms with Crippen LogP contribution >= 0.6 is 12.2 Å². The van der Waals surface area contributed by atoms with Gasteiger partial charge in [-0.1, -0.05) is 18.2 Å². The number of benzene rings is 2. The quantitative estimate of drug-likeness (QED) is 0.466. The van der Waals surface area contributed by atoms with Crippen LogP contribution < -0.4 is 16.2 Å². The van der Waals surface area contributed by atoms with Crippen molar-refractivity contribution in [1.82, 2.24) is 20.6 Å². The lowest BCUT2D eigenvalue weighted by Crippen LogP contribution is -2.44. The first-order chi connectivity index (χ1) is 13.4. The highest BCUT2D eigenvalue weighted by Gasteiger charge is 2.16. The van der Waals surface area contributed by atoms with Crippen molar-refractivity contribution in [3.8, 4) is 5.69 Å². The Morgan fingerprint density at radius 2 is 1.75 bits per heavy atom. The van der Waals surface area contributed by atoms with Crippen molar-refractivity contribution in [2.45, 2.75) is 20.3 Å². The molecule has 0 aliphatic heterocycles. The van der Waals surface area contributed by atoms with Gasteiger partial charge in [0.15, 0.2) is 5.11 Å². The minimum absolute atomic E-state index is 0.163. The molecule has 28 heavy (non-hydrogen) atoms. The number of para-hydroxylation sites is 1. The molecule has 0 saturated heterocycles. The lowest BCUT2D eigenvalue weighted by Gasteiger charge is -2.12. The number of rotatable bonds is 4. The fourth-order valence-corrected chi connectivity index (χ4v) is 2.95. The van der Waals surface area contributed by atoms with Crippen LogP contribution in [0.1, 0.15) is 17.0 Å². The number of hydrogen-bond acceptors (Lipinski definition) is 3. The van der Waals surface area contributed by atoms with E-state index in [1.807, 2.05) is 48.9 Å². The van der Waals surface area contributed by atoms with Gasteiger partial charge in [0, 0.05) is 16.9 Å². The van der Waals surface area contributed by atoms with Crippen LogP contribution in [0.4, 0.5) is 10.1 Å². The molecule has 0 fully saturated rings. The number of aromatic nitrogens is 2. The first kappa shape index (κ1) is 19.5. The standard InChI is InChI=1S/C20H20FN5OS/c1-13-18(14(2)26(25-13)17-6-4-3-5-7-17)12-19(27)23-24-20(28)22-16-10-8-15(21)9-11-16/h3-11H,12H2,1-2H3,(H,23,27)(H2,22,24,28). The fraction of sp³-hybridized carbons (Fsp3) is 0.150. The number of hydrogen-bond donors (Lipinski definition) is 3. The zero-order valence-corrected chi connectivity index (χ0v) is 16.3. The van der Waals surface area contributed by atoms with Crippen LogP contribution in [0.3, 0.4) is 0 Å². The Hall–Kier alpha value is -3.26. The van der Waals surface area contributed by atoms with Crippen LogP contribution in [0, 0.1) is 19.7 Å². The summed E-state index contributed by atoms with van der Waals surface area (Å²) in [6.45, 7) is 3.81. The van der Waals surface area contributed by atoms with Crippen LogP contribution in [-0.4, -0.2) is 20.8 Å². The molecule has 6 nitrogen and oxygen atoms in total. The third kappa shape index (κ3) is 4.72. The van der Waals surface area contributed by atoms with E-state index in [2.05, 4.69) is 21.3 Å². The number of halogens is 1. The average Bonchev–Trinajstić information content (AvgIpc) is 2.97. The van der Waals surface area contributed by atoms with Gasteiger partial charge >= 0.3 is 0 Å². The summed E-state index contributed by atoms with van der Waals surface area (Å²) in [6, 6.07) is 15.5. The molecule has 3 aromatic rings. The SMILES string of the molecule is Cc1nn(-c2ccccc2)c(C)c1CC(=O)NNC(=S)Nc1ccc(F)cc1. The third-order valence-corrected chi connectivity index (χ3v) is 4.40. The molecule has 0 aliphatic rings. The van der Waals surface area contributed by atoms with Crippen LogP contribution in [-0.2, 0) is 11.2 Å². The molecule has 2 aromatic carbocycles. The normalized spacial score (nSPS) is 10.4. The summed E-state index contributed by atoms with van der Waals surface area (Å²) in [5.74, 6) is -0.582. The molecule has 1 aromatic heterocycles. The Bertz CT molecular complexity index is 986. The highest BCUT2D eigenvalue weighted by Crippen LogP contribution is 2.18. The van der Waals surface area contributed by atoms with Gasteiger partial charge in [0.2, 0.25) is 5.91 Å². The van der Waals surface area contributed by atoms with Gasteiger partial charge in [-0.3, -0.25) is 15.6 Å². The largest absolute Gasteiger partial charge is 0.331 e. The molecule has 0 aliphatic carbocycles. The van der Waals surface area contributed by atoms with E-state index in [4.69, 9.17) is 12.2 Å². The van der Waals surface area contributed by atoms with E-state index in [1.165, 1.54) is 12.1 Å². The van der Waals surface area contributed by atoms with Crippen LogP contribution in [0.25, 0.3) is 5.69 Å². The minimum atomic E-state index is -0.334. The van der Waals surface area contributed by atoms with Crippen molar-refractivity contribution in [3.63, 3.8) is 0 Å². The number of hydrazine groups is 1. The van der Waals surface area contributed by atoms with Gasteiger partial charge in [0.1, 0.15) is 5.82 Å². The molecule has 144 valence electrons. The molecule has 3 N–H and O–H groups in total. The van der Waals surface area contributed by atoms with Gasteiger partial charge in [-0.15, -0.1) is 0 Å². The van der Waals surface area contributed by atoms with Crippen molar-refractivity contribution >= 4 is 28.9 Å². The second-order valence-corrected chi connectivity index (χ2v) is 6.62. The Balaban J connectivity index is 1.58. The summed E-state index contributed by atoms with van der Waals surface area (Å²) in [5.41, 5.74) is 9.33. The van der Waals surface area contributed by atoms with E-state index >= 15 is 0 Å². The average molecular weight is 397 g/mol. The molecule has 0 atom stereocenters. The smallest absolute Gasteiger partial charge is 0.242 e. The molecule has 1 heterocycles. The first-order valence-electron chi connectivity index (χ1n) is 8.66. The molecular weight excluding hydrogens is 377 g/mol. The molecule has 1 amide bonds. The number of thiocarbonyl (C=S) groups is 1. The summed E-state index contributed by atoms with van der Waals surface area (Å²) in [5, 5.41) is 7.60. The second kappa shape index (κ2) is 8.62. The van der Waals surface area contributed by atoms with Crippen molar-refractivity contribution < 1.29 is 9.18 Å². The van der Waals surface area contributed by atoms with E-state index < -0.39 is 0 Å². The predicted molar refractivity (Wildman–Crippen MR) is 111 cm³/mol. The van der Waals surface area contributed by atoms with E-state index in [0.717, 1.165) is 22.6 Å². The molecule has 0 bridgehead atoms. The first-order valence-corrected chi connectivity index (χ1v) is 9.07. The molecule has 0 radical (unpaired) electrons. The van der Waals surface area contributed by atoms with Crippen molar-refractivity contribution in [2.24, 2.45) is 0 Å². The predicted octanol–water partition coefficient (Wildman–Crippen LogP) is 3.19. The molecule has 8 heteroatoms. The Morgan fingerprint density at radius 1 is 1.07 bits per heavy atom. The van der Waals surface area contributed by atoms with Crippen molar-refractivity contribution in [2.75, 3.05) is 5.32 Å². The van der Waals surface area contributed by atoms with Gasteiger partial charge in [0.25, 0.3) is 0 Å². The summed E-state index contributed by atoms with van der Waals surface area (Å²) in [7, 11) is 0. The van der Waals surface area contributed by atoms with Crippen LogP contribution in [0.15, 0.2) is 54.6 Å². The van der Waals surface area contributed by atoms with Gasteiger partial charge < -0.3 is 5.32 Å². The lowest BCUT2D eigenvalue weighted by molar-refractivity contribution is -0.121. The lowest BCUT2D eigenvalue weighted by atomic mass is 10.1. The number of carbonyl (C=O) groups is 1. The van der Waals surface area contributed by atoms with E-state index in [-0.39, 0.29) is 23.3 Å². The van der Waals surface area contributed by atoms with E-state index in [9.17, 15) is 9.18 Å². The van der Waals surface area contributed by atoms with Crippen molar-refractivity contribution in [3.05, 3.63) is 77.4 Å². The highest BCUT2D eigenvalue weighted by molar-refractivity contribution is 7.80. The molecule has 0 saturated carbocycles. The zero-order valence-electron chi connectivity index (χ0n) is 15.5. The summed E-state index contributed by atoms with van der Waals surface area (Å²) < 4.78 is 14.7. The fourth-order valence-electron chi connectivity index (χ4n) is 2.78. The van der Waals surface area contributed by atoms with E-state index in [0.29, 0.717) is 5.69 Å². The zero-order chi connectivity index (χ0) is 20.1. The van der Waals surface area contributed by atoms with Gasteiger partial charge in [0.05, 0.1) is 17.8 Å². The maximum absolute atomic E-state index is 12.9. The Labute approximate surface area is 167 Å².